The summed E-state index contributed by atoms with van der Waals surface area (Å²) in [5.74, 6) is 1.70. The molecule has 0 amide bonds. The van der Waals surface area contributed by atoms with E-state index in [1.54, 1.807) is 0 Å². The van der Waals surface area contributed by atoms with Crippen LogP contribution in [-0.2, 0) is 6.42 Å². The zero-order valence-corrected chi connectivity index (χ0v) is 10.7. The lowest BCUT2D eigenvalue weighted by molar-refractivity contribution is 0.479. The Morgan fingerprint density at radius 1 is 1.00 bits per heavy atom. The smallest absolute Gasteiger partial charge is 0.141 e. The summed E-state index contributed by atoms with van der Waals surface area (Å²) in [6.45, 7) is 2.14. The van der Waals surface area contributed by atoms with E-state index < -0.39 is 0 Å². The summed E-state index contributed by atoms with van der Waals surface area (Å²) in [4.78, 5) is 0. The summed E-state index contributed by atoms with van der Waals surface area (Å²) in [5.41, 5.74) is 1.32. The molecule has 0 fully saturated rings. The molecule has 2 rings (SSSR count). The molecule has 0 aliphatic heterocycles. The highest BCUT2D eigenvalue weighted by Gasteiger charge is 2.00. The van der Waals surface area contributed by atoms with Gasteiger partial charge < -0.3 is 4.74 Å². The molecule has 0 radical (unpaired) electrons. The van der Waals surface area contributed by atoms with Crippen LogP contribution in [0.1, 0.15) is 12.5 Å². The second-order valence-electron chi connectivity index (χ2n) is 3.53. The van der Waals surface area contributed by atoms with Crippen molar-refractivity contribution in [3.05, 3.63) is 58.6 Å². The summed E-state index contributed by atoms with van der Waals surface area (Å²) in [7, 11) is 0. The number of hydrogen-bond acceptors (Lipinski definition) is 1. The van der Waals surface area contributed by atoms with Gasteiger partial charge in [0.15, 0.2) is 0 Å². The first-order chi connectivity index (χ1) is 7.79. The minimum absolute atomic E-state index is 0.840. The van der Waals surface area contributed by atoms with Crippen molar-refractivity contribution >= 4 is 15.9 Å². The lowest BCUT2D eigenvalue weighted by atomic mass is 10.2. The van der Waals surface area contributed by atoms with Gasteiger partial charge in [-0.25, -0.2) is 0 Å². The molecule has 2 aromatic carbocycles. The van der Waals surface area contributed by atoms with Gasteiger partial charge in [-0.15, -0.1) is 0 Å². The van der Waals surface area contributed by atoms with E-state index in [0.29, 0.717) is 0 Å². The molecule has 1 nitrogen and oxygen atoms in total. The van der Waals surface area contributed by atoms with E-state index >= 15 is 0 Å². The first-order valence-electron chi connectivity index (χ1n) is 5.31. The lowest BCUT2D eigenvalue weighted by Gasteiger charge is -2.07. The van der Waals surface area contributed by atoms with Gasteiger partial charge in [-0.05, 0) is 52.2 Å². The van der Waals surface area contributed by atoms with Crippen LogP contribution in [0.4, 0.5) is 0 Å². The van der Waals surface area contributed by atoms with Crippen LogP contribution in [0.2, 0.25) is 0 Å². The van der Waals surface area contributed by atoms with E-state index in [4.69, 9.17) is 4.74 Å². The highest BCUT2D eigenvalue weighted by molar-refractivity contribution is 9.10. The number of benzene rings is 2. The van der Waals surface area contributed by atoms with E-state index in [1.807, 2.05) is 36.4 Å². The lowest BCUT2D eigenvalue weighted by Crippen LogP contribution is -1.86. The number of ether oxygens (including phenoxy) is 1. The molecule has 0 aliphatic carbocycles. The average Bonchev–Trinajstić information content (AvgIpc) is 2.33. The predicted molar refractivity (Wildman–Crippen MR) is 70.0 cm³/mol. The number of aryl methyl sites for hydroxylation is 1. The largest absolute Gasteiger partial charge is 0.456 e. The van der Waals surface area contributed by atoms with Crippen molar-refractivity contribution in [2.75, 3.05) is 0 Å². The minimum atomic E-state index is 0.840. The van der Waals surface area contributed by atoms with E-state index in [0.717, 1.165) is 22.4 Å². The van der Waals surface area contributed by atoms with Crippen molar-refractivity contribution in [3.8, 4) is 11.5 Å². The van der Waals surface area contributed by atoms with Gasteiger partial charge in [0.1, 0.15) is 11.5 Å². The van der Waals surface area contributed by atoms with Crippen LogP contribution in [0.5, 0.6) is 11.5 Å². The maximum Gasteiger partial charge on any atom is 0.141 e. The van der Waals surface area contributed by atoms with Crippen molar-refractivity contribution < 1.29 is 4.74 Å². The number of rotatable bonds is 3. The molecule has 0 heterocycles. The van der Waals surface area contributed by atoms with E-state index in [1.165, 1.54) is 5.56 Å². The van der Waals surface area contributed by atoms with Gasteiger partial charge in [0.2, 0.25) is 0 Å². The van der Waals surface area contributed by atoms with Crippen molar-refractivity contribution in [2.24, 2.45) is 0 Å². The molecule has 0 atom stereocenters. The summed E-state index contributed by atoms with van der Waals surface area (Å²) >= 11 is 3.46. The van der Waals surface area contributed by atoms with E-state index in [2.05, 4.69) is 35.0 Å². The third kappa shape index (κ3) is 2.64. The van der Waals surface area contributed by atoms with Crippen LogP contribution < -0.4 is 4.74 Å². The number of halogens is 1. The van der Waals surface area contributed by atoms with Gasteiger partial charge >= 0.3 is 0 Å². The molecule has 0 aromatic heterocycles. The second kappa shape index (κ2) is 5.17. The molecular weight excluding hydrogens is 264 g/mol. The molecule has 16 heavy (non-hydrogen) atoms. The molecule has 0 aliphatic rings. The summed E-state index contributed by atoms with van der Waals surface area (Å²) in [6.07, 6.45) is 1.05. The van der Waals surface area contributed by atoms with Crippen LogP contribution in [0, 0.1) is 0 Å². The molecule has 0 spiro atoms. The van der Waals surface area contributed by atoms with Crippen LogP contribution >= 0.6 is 15.9 Å². The van der Waals surface area contributed by atoms with Crippen molar-refractivity contribution in [1.29, 1.82) is 0 Å². The predicted octanol–water partition coefficient (Wildman–Crippen LogP) is 4.80. The Kier molecular flexibility index (Phi) is 3.62. The monoisotopic (exact) mass is 276 g/mol. The van der Waals surface area contributed by atoms with E-state index in [9.17, 15) is 0 Å². The molecule has 0 N–H and O–H groups in total. The topological polar surface area (TPSA) is 9.23 Å². The van der Waals surface area contributed by atoms with Gasteiger partial charge in [0, 0.05) is 0 Å². The van der Waals surface area contributed by atoms with Crippen LogP contribution in [0.15, 0.2) is 53.0 Å². The maximum absolute atomic E-state index is 5.76. The third-order valence-corrected chi connectivity index (χ3v) is 3.05. The first-order valence-corrected chi connectivity index (χ1v) is 6.10. The van der Waals surface area contributed by atoms with Gasteiger partial charge in [0.05, 0.1) is 4.47 Å². The molecule has 0 saturated carbocycles. The SMILES string of the molecule is CCc1ccc(Oc2ccccc2Br)cc1. The zero-order valence-electron chi connectivity index (χ0n) is 9.11. The number of para-hydroxylation sites is 1. The highest BCUT2D eigenvalue weighted by Crippen LogP contribution is 2.29. The fourth-order valence-electron chi connectivity index (χ4n) is 1.45. The Balaban J connectivity index is 2.18. The fraction of sp³-hybridized carbons (Fsp3) is 0.143. The van der Waals surface area contributed by atoms with Crippen molar-refractivity contribution in [2.45, 2.75) is 13.3 Å². The minimum Gasteiger partial charge on any atom is -0.456 e. The Morgan fingerprint density at radius 3 is 2.31 bits per heavy atom. The third-order valence-electron chi connectivity index (χ3n) is 2.40. The summed E-state index contributed by atoms with van der Waals surface area (Å²) in [5, 5.41) is 0. The fourth-order valence-corrected chi connectivity index (χ4v) is 1.81. The Hall–Kier alpha value is -1.28. The maximum atomic E-state index is 5.76. The Labute approximate surface area is 104 Å². The van der Waals surface area contributed by atoms with Gasteiger partial charge in [-0.3, -0.25) is 0 Å². The molecule has 0 unspecified atom stereocenters. The molecule has 2 heteroatoms. The van der Waals surface area contributed by atoms with Crippen molar-refractivity contribution in [1.82, 2.24) is 0 Å². The van der Waals surface area contributed by atoms with Crippen LogP contribution in [-0.4, -0.2) is 0 Å². The second-order valence-corrected chi connectivity index (χ2v) is 4.38. The normalized spacial score (nSPS) is 10.1. The van der Waals surface area contributed by atoms with E-state index in [-0.39, 0.29) is 0 Å². The van der Waals surface area contributed by atoms with Crippen LogP contribution in [0.3, 0.4) is 0 Å². The zero-order chi connectivity index (χ0) is 11.4. The Morgan fingerprint density at radius 2 is 1.69 bits per heavy atom. The van der Waals surface area contributed by atoms with Crippen molar-refractivity contribution in [3.63, 3.8) is 0 Å². The van der Waals surface area contributed by atoms with Gasteiger partial charge in [-0.1, -0.05) is 31.2 Å². The molecule has 0 saturated heterocycles. The standard InChI is InChI=1S/C14H13BrO/c1-2-11-7-9-12(10-8-11)16-14-6-4-3-5-13(14)15/h3-10H,2H2,1H3. The highest BCUT2D eigenvalue weighted by atomic mass is 79.9. The first kappa shape index (κ1) is 11.2. The van der Waals surface area contributed by atoms with Gasteiger partial charge in [-0.2, -0.15) is 0 Å². The quantitative estimate of drug-likeness (QED) is 0.782. The molecule has 0 bridgehead atoms. The van der Waals surface area contributed by atoms with Crippen LogP contribution in [0.25, 0.3) is 0 Å². The molecule has 2 aromatic rings. The van der Waals surface area contributed by atoms with Gasteiger partial charge in [0.25, 0.3) is 0 Å². The Bertz CT molecular complexity index is 462. The molecule has 82 valence electrons. The summed E-state index contributed by atoms with van der Waals surface area (Å²) in [6, 6.07) is 16.0. The summed E-state index contributed by atoms with van der Waals surface area (Å²) < 4.78 is 6.73. The average molecular weight is 277 g/mol. The number of hydrogen-bond donors (Lipinski definition) is 0. The molecular formula is C14H13BrO.